The Morgan fingerprint density at radius 2 is 1.59 bits per heavy atom. The Labute approximate surface area is 169 Å². The summed E-state index contributed by atoms with van der Waals surface area (Å²) in [6.07, 6.45) is 1.62. The monoisotopic (exact) mass is 393 g/mol. The van der Waals surface area contributed by atoms with Crippen LogP contribution in [0.1, 0.15) is 16.1 Å². The zero-order valence-corrected chi connectivity index (χ0v) is 16.8. The summed E-state index contributed by atoms with van der Waals surface area (Å²) in [5.41, 5.74) is 3.70. The van der Waals surface area contributed by atoms with Gasteiger partial charge in [-0.05, 0) is 36.8 Å². The minimum absolute atomic E-state index is 0.286. The third-order valence-corrected chi connectivity index (χ3v) is 4.23. The van der Waals surface area contributed by atoms with Crippen molar-refractivity contribution in [3.8, 4) is 17.2 Å². The van der Waals surface area contributed by atoms with E-state index in [2.05, 4.69) is 15.6 Å². The summed E-state index contributed by atoms with van der Waals surface area (Å²) < 4.78 is 15.9. The maximum absolute atomic E-state index is 12.6. The molecule has 2 N–H and O–H groups in total. The van der Waals surface area contributed by atoms with Crippen molar-refractivity contribution in [2.45, 2.75) is 6.92 Å². The van der Waals surface area contributed by atoms with Crippen molar-refractivity contribution in [2.24, 2.45) is 0 Å². The van der Waals surface area contributed by atoms with Gasteiger partial charge >= 0.3 is 0 Å². The lowest BCUT2D eigenvalue weighted by Gasteiger charge is -2.14. The van der Waals surface area contributed by atoms with Crippen LogP contribution in [0.2, 0.25) is 0 Å². The van der Waals surface area contributed by atoms with Crippen molar-refractivity contribution in [1.29, 1.82) is 0 Å². The van der Waals surface area contributed by atoms with Crippen LogP contribution in [0.4, 0.5) is 17.1 Å². The summed E-state index contributed by atoms with van der Waals surface area (Å²) in [4.78, 5) is 16.8. The second-order valence-electron chi connectivity index (χ2n) is 6.29. The Hall–Kier alpha value is -3.74. The molecule has 150 valence electrons. The highest BCUT2D eigenvalue weighted by Gasteiger charge is 2.15. The predicted molar refractivity (Wildman–Crippen MR) is 113 cm³/mol. The molecule has 3 aromatic rings. The van der Waals surface area contributed by atoms with Gasteiger partial charge < -0.3 is 24.8 Å². The number of pyridine rings is 1. The average molecular weight is 393 g/mol. The summed E-state index contributed by atoms with van der Waals surface area (Å²) in [5, 5.41) is 6.06. The third kappa shape index (κ3) is 4.76. The number of carbonyl (C=O) groups is 1. The number of rotatable bonds is 7. The van der Waals surface area contributed by atoms with Crippen LogP contribution < -0.4 is 24.8 Å². The van der Waals surface area contributed by atoms with E-state index in [4.69, 9.17) is 14.2 Å². The van der Waals surface area contributed by atoms with Crippen LogP contribution in [-0.2, 0) is 0 Å². The van der Waals surface area contributed by atoms with E-state index in [1.54, 1.807) is 30.5 Å². The Morgan fingerprint density at radius 3 is 2.14 bits per heavy atom. The van der Waals surface area contributed by atoms with Crippen molar-refractivity contribution in [3.05, 3.63) is 66.0 Å². The number of carbonyl (C=O) groups excluding carboxylic acids is 1. The average Bonchev–Trinajstić information content (AvgIpc) is 2.73. The van der Waals surface area contributed by atoms with Crippen LogP contribution in [-0.4, -0.2) is 32.2 Å². The molecule has 0 saturated carbocycles. The van der Waals surface area contributed by atoms with Crippen molar-refractivity contribution >= 4 is 23.0 Å². The number of methoxy groups -OCH3 is 3. The van der Waals surface area contributed by atoms with E-state index in [1.165, 1.54) is 21.3 Å². The second kappa shape index (κ2) is 8.97. The Balaban J connectivity index is 1.74. The number of ether oxygens (including phenoxy) is 3. The molecule has 0 unspecified atom stereocenters. The fourth-order valence-corrected chi connectivity index (χ4v) is 2.84. The largest absolute Gasteiger partial charge is 0.493 e. The molecule has 0 fully saturated rings. The first-order chi connectivity index (χ1) is 14.0. The third-order valence-electron chi connectivity index (χ3n) is 4.23. The van der Waals surface area contributed by atoms with Crippen LogP contribution >= 0.6 is 0 Å². The first-order valence-electron chi connectivity index (χ1n) is 8.95. The maximum atomic E-state index is 12.6. The minimum atomic E-state index is -0.346. The number of nitrogens with one attached hydrogen (secondary N) is 2. The predicted octanol–water partition coefficient (Wildman–Crippen LogP) is 4.41. The molecule has 0 radical (unpaired) electrons. The molecule has 0 aliphatic rings. The normalized spacial score (nSPS) is 10.2. The molecular weight excluding hydrogens is 370 g/mol. The molecule has 1 aromatic heterocycles. The fraction of sp³-hybridized carbons (Fsp3) is 0.182. The molecule has 0 spiro atoms. The molecular formula is C22H23N3O4. The molecule has 3 rings (SSSR count). The fourth-order valence-electron chi connectivity index (χ4n) is 2.84. The number of benzene rings is 2. The lowest BCUT2D eigenvalue weighted by atomic mass is 10.2. The summed E-state index contributed by atoms with van der Waals surface area (Å²) in [7, 11) is 4.56. The van der Waals surface area contributed by atoms with Gasteiger partial charge in [-0.1, -0.05) is 12.1 Å². The van der Waals surface area contributed by atoms with Crippen molar-refractivity contribution in [2.75, 3.05) is 32.0 Å². The van der Waals surface area contributed by atoms with Gasteiger partial charge in [0.15, 0.2) is 11.5 Å². The molecule has 7 nitrogen and oxygen atoms in total. The van der Waals surface area contributed by atoms with E-state index in [9.17, 15) is 4.79 Å². The first-order valence-corrected chi connectivity index (χ1v) is 8.95. The van der Waals surface area contributed by atoms with E-state index >= 15 is 0 Å². The number of hydrogen-bond donors (Lipinski definition) is 2. The molecule has 0 saturated heterocycles. The smallest absolute Gasteiger partial charge is 0.274 e. The Kier molecular flexibility index (Phi) is 6.19. The highest BCUT2D eigenvalue weighted by atomic mass is 16.5. The molecule has 0 atom stereocenters. The summed E-state index contributed by atoms with van der Waals surface area (Å²) in [5.74, 6) is 1.01. The van der Waals surface area contributed by atoms with Crippen LogP contribution in [0.25, 0.3) is 0 Å². The SMILES string of the molecule is COc1cc(NC(=O)c2ccc(Nc3cccc(C)c3)cn2)cc(OC)c1OC. The zero-order chi connectivity index (χ0) is 20.8. The van der Waals surface area contributed by atoms with Gasteiger partial charge in [0.05, 0.1) is 33.2 Å². The molecule has 0 aliphatic heterocycles. The molecule has 29 heavy (non-hydrogen) atoms. The summed E-state index contributed by atoms with van der Waals surface area (Å²) >= 11 is 0. The van der Waals surface area contributed by atoms with Gasteiger partial charge in [0, 0.05) is 23.5 Å². The van der Waals surface area contributed by atoms with Gasteiger partial charge in [0.1, 0.15) is 5.69 Å². The van der Waals surface area contributed by atoms with Crippen molar-refractivity contribution in [1.82, 2.24) is 4.98 Å². The van der Waals surface area contributed by atoms with Crippen molar-refractivity contribution < 1.29 is 19.0 Å². The quantitative estimate of drug-likeness (QED) is 0.619. The van der Waals surface area contributed by atoms with Gasteiger partial charge in [0.25, 0.3) is 5.91 Å². The minimum Gasteiger partial charge on any atom is -0.493 e. The van der Waals surface area contributed by atoms with Crippen LogP contribution in [0.3, 0.4) is 0 Å². The second-order valence-corrected chi connectivity index (χ2v) is 6.29. The number of anilines is 3. The lowest BCUT2D eigenvalue weighted by Crippen LogP contribution is -2.14. The van der Waals surface area contributed by atoms with E-state index < -0.39 is 0 Å². The van der Waals surface area contributed by atoms with Gasteiger partial charge in [-0.2, -0.15) is 0 Å². The van der Waals surface area contributed by atoms with E-state index in [1.807, 2.05) is 31.2 Å². The molecule has 0 aliphatic carbocycles. The molecule has 1 heterocycles. The van der Waals surface area contributed by atoms with Crippen LogP contribution in [0, 0.1) is 6.92 Å². The van der Waals surface area contributed by atoms with Crippen LogP contribution in [0.15, 0.2) is 54.7 Å². The van der Waals surface area contributed by atoms with E-state index in [-0.39, 0.29) is 11.6 Å². The number of amides is 1. The first kappa shape index (κ1) is 20.0. The number of nitrogens with zero attached hydrogens (tertiary/aromatic N) is 1. The molecule has 2 aromatic carbocycles. The highest BCUT2D eigenvalue weighted by molar-refractivity contribution is 6.03. The Bertz CT molecular complexity index is 978. The molecule has 0 bridgehead atoms. The highest BCUT2D eigenvalue weighted by Crippen LogP contribution is 2.40. The number of hydrogen-bond acceptors (Lipinski definition) is 6. The zero-order valence-electron chi connectivity index (χ0n) is 16.8. The Morgan fingerprint density at radius 1 is 0.862 bits per heavy atom. The van der Waals surface area contributed by atoms with Gasteiger partial charge in [0.2, 0.25) is 5.75 Å². The lowest BCUT2D eigenvalue weighted by molar-refractivity contribution is 0.102. The summed E-state index contributed by atoms with van der Waals surface area (Å²) in [6.45, 7) is 2.03. The van der Waals surface area contributed by atoms with Gasteiger partial charge in [-0.3, -0.25) is 4.79 Å². The standard InChI is InChI=1S/C22H23N3O4/c1-14-6-5-7-15(10-14)24-16-8-9-18(23-13-16)22(26)25-17-11-19(27-2)21(29-4)20(12-17)28-3/h5-13,24H,1-4H3,(H,25,26). The van der Waals surface area contributed by atoms with E-state index in [0.29, 0.717) is 22.9 Å². The molecule has 1 amide bonds. The topological polar surface area (TPSA) is 81.7 Å². The van der Waals surface area contributed by atoms with E-state index in [0.717, 1.165) is 16.9 Å². The molecule has 7 heteroatoms. The van der Waals surface area contributed by atoms with Crippen molar-refractivity contribution in [3.63, 3.8) is 0 Å². The maximum Gasteiger partial charge on any atom is 0.274 e. The number of aromatic nitrogens is 1. The summed E-state index contributed by atoms with van der Waals surface area (Å²) in [6, 6.07) is 14.8. The number of aryl methyl sites for hydroxylation is 1. The van der Waals surface area contributed by atoms with Gasteiger partial charge in [-0.25, -0.2) is 4.98 Å². The van der Waals surface area contributed by atoms with Gasteiger partial charge in [-0.15, -0.1) is 0 Å². The van der Waals surface area contributed by atoms with Crippen LogP contribution in [0.5, 0.6) is 17.2 Å².